The summed E-state index contributed by atoms with van der Waals surface area (Å²) in [5, 5.41) is 3.44. The molecule has 0 spiro atoms. The van der Waals surface area contributed by atoms with E-state index in [9.17, 15) is 0 Å². The molecule has 0 amide bonds. The Bertz CT molecular complexity index is 531. The van der Waals surface area contributed by atoms with Crippen molar-refractivity contribution in [1.82, 2.24) is 14.9 Å². The summed E-state index contributed by atoms with van der Waals surface area (Å²) in [6, 6.07) is 8.25. The molecule has 4 nitrogen and oxygen atoms in total. The first kappa shape index (κ1) is 15.6. The maximum Gasteiger partial charge on any atom is 0.146 e. The van der Waals surface area contributed by atoms with Crippen molar-refractivity contribution in [2.24, 2.45) is 5.92 Å². The lowest BCUT2D eigenvalue weighted by Gasteiger charge is -2.10. The van der Waals surface area contributed by atoms with Gasteiger partial charge in [-0.15, -0.1) is 0 Å². The summed E-state index contributed by atoms with van der Waals surface area (Å²) in [7, 11) is 0. The highest BCUT2D eigenvalue weighted by Crippen LogP contribution is 2.14. The van der Waals surface area contributed by atoms with Gasteiger partial charge in [0.2, 0.25) is 0 Å². The van der Waals surface area contributed by atoms with Crippen molar-refractivity contribution in [1.29, 1.82) is 0 Å². The number of hydrogen-bond donors (Lipinski definition) is 1. The summed E-state index contributed by atoms with van der Waals surface area (Å²) in [5.74, 6) is 2.52. The highest BCUT2D eigenvalue weighted by atomic mass is 16.5. The third-order valence-electron chi connectivity index (χ3n) is 3.32. The molecule has 2 rings (SSSR count). The number of rotatable bonds is 8. The number of nitrogens with one attached hydrogen (secondary N) is 1. The van der Waals surface area contributed by atoms with Crippen LogP contribution in [0.15, 0.2) is 36.7 Å². The molecule has 1 aromatic carbocycles. The number of ether oxygens (including phenoxy) is 1. The Kier molecular flexibility index (Phi) is 5.81. The van der Waals surface area contributed by atoms with Crippen LogP contribution >= 0.6 is 0 Å². The number of imidazole rings is 1. The highest BCUT2D eigenvalue weighted by Gasteiger charge is 2.02. The fraction of sp³-hybridized carbons (Fsp3) is 0.471. The molecule has 0 saturated heterocycles. The van der Waals surface area contributed by atoms with Crippen LogP contribution in [0.3, 0.4) is 0 Å². The molecule has 4 heteroatoms. The minimum Gasteiger partial charge on any atom is -0.486 e. The summed E-state index contributed by atoms with van der Waals surface area (Å²) in [5.41, 5.74) is 1.28. The van der Waals surface area contributed by atoms with Crippen LogP contribution in [0.25, 0.3) is 0 Å². The van der Waals surface area contributed by atoms with Crippen molar-refractivity contribution < 1.29 is 4.74 Å². The Morgan fingerprint density at radius 3 is 2.67 bits per heavy atom. The Hall–Kier alpha value is -1.81. The maximum atomic E-state index is 5.79. The molecular formula is C17H25N3O. The zero-order chi connectivity index (χ0) is 15.1. The van der Waals surface area contributed by atoms with Crippen LogP contribution in [0.2, 0.25) is 0 Å². The molecule has 0 fully saturated rings. The summed E-state index contributed by atoms with van der Waals surface area (Å²) in [6.07, 6.45) is 3.79. The van der Waals surface area contributed by atoms with E-state index < -0.39 is 0 Å². The topological polar surface area (TPSA) is 39.1 Å². The minimum absolute atomic E-state index is 0.506. The molecule has 0 radical (unpaired) electrons. The maximum absolute atomic E-state index is 5.79. The molecule has 0 atom stereocenters. The van der Waals surface area contributed by atoms with E-state index in [2.05, 4.69) is 47.8 Å². The Morgan fingerprint density at radius 1 is 1.24 bits per heavy atom. The lowest BCUT2D eigenvalue weighted by atomic mass is 10.2. The quantitative estimate of drug-likeness (QED) is 0.810. The van der Waals surface area contributed by atoms with Crippen molar-refractivity contribution in [3.8, 4) is 5.75 Å². The predicted octanol–water partition coefficient (Wildman–Crippen LogP) is 3.23. The zero-order valence-corrected chi connectivity index (χ0v) is 13.2. The van der Waals surface area contributed by atoms with E-state index in [-0.39, 0.29) is 0 Å². The van der Waals surface area contributed by atoms with E-state index in [0.717, 1.165) is 31.2 Å². The largest absolute Gasteiger partial charge is 0.486 e. The van der Waals surface area contributed by atoms with Gasteiger partial charge in [-0.3, -0.25) is 0 Å². The van der Waals surface area contributed by atoms with Crippen LogP contribution in [0, 0.1) is 5.92 Å². The summed E-state index contributed by atoms with van der Waals surface area (Å²) < 4.78 is 7.87. The first-order valence-electron chi connectivity index (χ1n) is 7.61. The third-order valence-corrected chi connectivity index (χ3v) is 3.32. The number of hydrogen-bond acceptors (Lipinski definition) is 3. The van der Waals surface area contributed by atoms with Gasteiger partial charge in [-0.25, -0.2) is 4.98 Å². The normalized spacial score (nSPS) is 11.0. The average molecular weight is 287 g/mol. The molecule has 0 aliphatic carbocycles. The van der Waals surface area contributed by atoms with Gasteiger partial charge in [0, 0.05) is 25.5 Å². The predicted molar refractivity (Wildman–Crippen MR) is 85.2 cm³/mol. The average Bonchev–Trinajstić information content (AvgIpc) is 2.93. The number of aromatic nitrogens is 2. The van der Waals surface area contributed by atoms with E-state index in [0.29, 0.717) is 12.5 Å². The fourth-order valence-corrected chi connectivity index (χ4v) is 2.12. The molecular weight excluding hydrogens is 262 g/mol. The lowest BCUT2D eigenvalue weighted by molar-refractivity contribution is 0.290. The Morgan fingerprint density at radius 2 is 2.00 bits per heavy atom. The van der Waals surface area contributed by atoms with Crippen molar-refractivity contribution in [3.63, 3.8) is 0 Å². The van der Waals surface area contributed by atoms with E-state index in [1.807, 2.05) is 24.5 Å². The van der Waals surface area contributed by atoms with Gasteiger partial charge < -0.3 is 14.6 Å². The summed E-state index contributed by atoms with van der Waals surface area (Å²) >= 11 is 0. The van der Waals surface area contributed by atoms with Crippen LogP contribution in [-0.2, 0) is 19.7 Å². The van der Waals surface area contributed by atoms with Crippen molar-refractivity contribution in [3.05, 3.63) is 48.0 Å². The van der Waals surface area contributed by atoms with Gasteiger partial charge in [0.25, 0.3) is 0 Å². The zero-order valence-electron chi connectivity index (χ0n) is 13.2. The molecule has 0 aliphatic rings. The second kappa shape index (κ2) is 7.84. The second-order valence-corrected chi connectivity index (χ2v) is 5.59. The van der Waals surface area contributed by atoms with E-state index in [1.54, 1.807) is 0 Å². The van der Waals surface area contributed by atoms with Crippen LogP contribution in [0.4, 0.5) is 0 Å². The number of benzene rings is 1. The molecule has 21 heavy (non-hydrogen) atoms. The highest BCUT2D eigenvalue weighted by molar-refractivity contribution is 5.27. The SMILES string of the molecule is CCn1ccnc1COc1ccc(CNCC(C)C)cc1. The van der Waals surface area contributed by atoms with Crippen LogP contribution < -0.4 is 10.1 Å². The van der Waals surface area contributed by atoms with Crippen molar-refractivity contribution in [2.75, 3.05) is 6.54 Å². The summed E-state index contributed by atoms with van der Waals surface area (Å²) in [4.78, 5) is 4.30. The van der Waals surface area contributed by atoms with Gasteiger partial charge in [0.1, 0.15) is 18.2 Å². The molecule has 2 aromatic rings. The third kappa shape index (κ3) is 4.90. The molecule has 114 valence electrons. The Balaban J connectivity index is 1.82. The monoisotopic (exact) mass is 287 g/mol. The molecule has 1 aromatic heterocycles. The first-order chi connectivity index (χ1) is 10.2. The molecule has 0 bridgehead atoms. The van der Waals surface area contributed by atoms with Crippen LogP contribution in [0.1, 0.15) is 32.2 Å². The lowest BCUT2D eigenvalue weighted by Crippen LogP contribution is -2.18. The van der Waals surface area contributed by atoms with Crippen molar-refractivity contribution >= 4 is 0 Å². The standard InChI is InChI=1S/C17H25N3O/c1-4-20-10-9-19-17(20)13-21-16-7-5-15(6-8-16)12-18-11-14(2)3/h5-10,14,18H,4,11-13H2,1-3H3. The summed E-state index contributed by atoms with van der Waals surface area (Å²) in [6.45, 7) is 9.89. The molecule has 0 aliphatic heterocycles. The second-order valence-electron chi connectivity index (χ2n) is 5.59. The molecule has 0 unspecified atom stereocenters. The van der Waals surface area contributed by atoms with Crippen LogP contribution in [0.5, 0.6) is 5.75 Å². The first-order valence-corrected chi connectivity index (χ1v) is 7.61. The Labute approximate surface area is 127 Å². The molecule has 1 heterocycles. The van der Waals surface area contributed by atoms with Gasteiger partial charge in [0.05, 0.1) is 0 Å². The van der Waals surface area contributed by atoms with Gasteiger partial charge in [-0.05, 0) is 37.1 Å². The molecule has 0 saturated carbocycles. The molecule has 1 N–H and O–H groups in total. The van der Waals surface area contributed by atoms with E-state index in [1.165, 1.54) is 5.56 Å². The fourth-order valence-electron chi connectivity index (χ4n) is 2.12. The van der Waals surface area contributed by atoms with Gasteiger partial charge >= 0.3 is 0 Å². The number of aryl methyl sites for hydroxylation is 1. The number of nitrogens with zero attached hydrogens (tertiary/aromatic N) is 2. The van der Waals surface area contributed by atoms with Crippen LogP contribution in [-0.4, -0.2) is 16.1 Å². The minimum atomic E-state index is 0.506. The van der Waals surface area contributed by atoms with Gasteiger partial charge in [-0.1, -0.05) is 26.0 Å². The van der Waals surface area contributed by atoms with Gasteiger partial charge in [0.15, 0.2) is 0 Å². The smallest absolute Gasteiger partial charge is 0.146 e. The van der Waals surface area contributed by atoms with E-state index in [4.69, 9.17) is 4.74 Å². The van der Waals surface area contributed by atoms with Crippen molar-refractivity contribution in [2.45, 2.75) is 40.5 Å². The van der Waals surface area contributed by atoms with E-state index >= 15 is 0 Å². The van der Waals surface area contributed by atoms with Gasteiger partial charge in [-0.2, -0.15) is 0 Å².